The van der Waals surface area contributed by atoms with E-state index in [1.165, 1.54) is 6.07 Å². The predicted octanol–water partition coefficient (Wildman–Crippen LogP) is 3.34. The van der Waals surface area contributed by atoms with Gasteiger partial charge in [-0.05, 0) is 37.6 Å². The monoisotopic (exact) mass is 238 g/mol. The number of hydrogen-bond donors (Lipinski definition) is 0. The van der Waals surface area contributed by atoms with Gasteiger partial charge in [0.25, 0.3) is 0 Å². The number of nitrogens with zero attached hydrogens (tertiary/aromatic N) is 2. The second-order valence-electron chi connectivity index (χ2n) is 3.83. The van der Waals surface area contributed by atoms with Gasteiger partial charge in [0.1, 0.15) is 5.82 Å². The lowest BCUT2D eigenvalue weighted by Crippen LogP contribution is -2.04. The minimum atomic E-state index is -0.390. The van der Waals surface area contributed by atoms with Gasteiger partial charge < -0.3 is 0 Å². The molecule has 0 bridgehead atoms. The number of rotatable bonds is 2. The molecule has 1 heterocycles. The van der Waals surface area contributed by atoms with Gasteiger partial charge in [-0.2, -0.15) is 5.10 Å². The van der Waals surface area contributed by atoms with E-state index in [0.29, 0.717) is 6.54 Å². The Labute approximate surface area is 98.7 Å². The second kappa shape index (κ2) is 4.26. The molecule has 0 saturated carbocycles. The van der Waals surface area contributed by atoms with Gasteiger partial charge in [0.2, 0.25) is 0 Å². The highest BCUT2D eigenvalue weighted by Gasteiger charge is 2.04. The lowest BCUT2D eigenvalue weighted by molar-refractivity contribution is 0.623. The van der Waals surface area contributed by atoms with Crippen LogP contribution in [0.5, 0.6) is 0 Å². The van der Waals surface area contributed by atoms with Crippen LogP contribution in [0.25, 0.3) is 0 Å². The number of aromatic nitrogens is 2. The maximum atomic E-state index is 13.0. The summed E-state index contributed by atoms with van der Waals surface area (Å²) in [5.74, 6) is -0.390. The zero-order valence-electron chi connectivity index (χ0n) is 9.17. The molecule has 0 unspecified atom stereocenters. The molecule has 2 nitrogen and oxygen atoms in total. The highest BCUT2D eigenvalue weighted by atomic mass is 35.5. The van der Waals surface area contributed by atoms with Gasteiger partial charge >= 0.3 is 0 Å². The standard InChI is InChI=1S/C12H12ClFN2/c1-8-5-9(2)16(15-8)7-10-3-4-12(14)11(13)6-10/h3-6H,7H2,1-2H3. The smallest absolute Gasteiger partial charge is 0.141 e. The lowest BCUT2D eigenvalue weighted by atomic mass is 10.2. The predicted molar refractivity (Wildman–Crippen MR) is 62.2 cm³/mol. The van der Waals surface area contributed by atoms with Crippen molar-refractivity contribution in [3.05, 3.63) is 52.1 Å². The third-order valence-electron chi connectivity index (χ3n) is 2.42. The first-order chi connectivity index (χ1) is 7.56. The van der Waals surface area contributed by atoms with E-state index in [2.05, 4.69) is 5.10 Å². The Morgan fingerprint density at radius 2 is 2.06 bits per heavy atom. The van der Waals surface area contributed by atoms with Gasteiger partial charge in [-0.15, -0.1) is 0 Å². The van der Waals surface area contributed by atoms with Crippen LogP contribution in [0.1, 0.15) is 17.0 Å². The van der Waals surface area contributed by atoms with Crippen molar-refractivity contribution in [2.24, 2.45) is 0 Å². The zero-order chi connectivity index (χ0) is 11.7. The summed E-state index contributed by atoms with van der Waals surface area (Å²) in [7, 11) is 0. The molecule has 2 aromatic rings. The summed E-state index contributed by atoms with van der Waals surface area (Å²) in [6, 6.07) is 6.74. The summed E-state index contributed by atoms with van der Waals surface area (Å²) in [4.78, 5) is 0. The Kier molecular flexibility index (Phi) is 2.97. The van der Waals surface area contributed by atoms with Crippen molar-refractivity contribution in [1.29, 1.82) is 0 Å². The SMILES string of the molecule is Cc1cc(C)n(Cc2ccc(F)c(Cl)c2)n1. The Morgan fingerprint density at radius 3 is 2.62 bits per heavy atom. The summed E-state index contributed by atoms with van der Waals surface area (Å²) in [5.41, 5.74) is 3.00. The molecule has 4 heteroatoms. The molecule has 1 aromatic heterocycles. The van der Waals surface area contributed by atoms with Crippen molar-refractivity contribution in [2.45, 2.75) is 20.4 Å². The summed E-state index contributed by atoms with van der Waals surface area (Å²) < 4.78 is 14.8. The first-order valence-electron chi connectivity index (χ1n) is 5.01. The third kappa shape index (κ3) is 2.25. The normalized spacial score (nSPS) is 10.8. The van der Waals surface area contributed by atoms with Gasteiger partial charge in [0.05, 0.1) is 17.3 Å². The van der Waals surface area contributed by atoms with Crippen molar-refractivity contribution in [3.8, 4) is 0 Å². The number of halogens is 2. The van der Waals surface area contributed by atoms with Crippen LogP contribution in [0, 0.1) is 19.7 Å². The Hall–Kier alpha value is -1.35. The molecule has 2 rings (SSSR count). The van der Waals surface area contributed by atoms with Gasteiger partial charge in [0.15, 0.2) is 0 Å². The molecular weight excluding hydrogens is 227 g/mol. The second-order valence-corrected chi connectivity index (χ2v) is 4.24. The third-order valence-corrected chi connectivity index (χ3v) is 2.71. The van der Waals surface area contributed by atoms with Crippen molar-refractivity contribution in [2.75, 3.05) is 0 Å². The first kappa shape index (κ1) is 11.1. The lowest BCUT2D eigenvalue weighted by Gasteiger charge is -2.05. The van der Waals surface area contributed by atoms with Crippen LogP contribution in [0.3, 0.4) is 0 Å². The Balaban J connectivity index is 2.27. The van der Waals surface area contributed by atoms with Crippen molar-refractivity contribution >= 4 is 11.6 Å². The molecular formula is C12H12ClFN2. The minimum Gasteiger partial charge on any atom is -0.265 e. The summed E-state index contributed by atoms with van der Waals surface area (Å²) >= 11 is 5.72. The maximum Gasteiger partial charge on any atom is 0.141 e. The van der Waals surface area contributed by atoms with E-state index in [0.717, 1.165) is 17.0 Å². The van der Waals surface area contributed by atoms with Crippen molar-refractivity contribution in [3.63, 3.8) is 0 Å². The highest BCUT2D eigenvalue weighted by molar-refractivity contribution is 6.30. The van der Waals surface area contributed by atoms with Crippen LogP contribution in [-0.4, -0.2) is 9.78 Å². The van der Waals surface area contributed by atoms with Gasteiger partial charge in [-0.1, -0.05) is 17.7 Å². The highest BCUT2D eigenvalue weighted by Crippen LogP contribution is 2.17. The number of benzene rings is 1. The molecule has 0 spiro atoms. The molecule has 84 valence electrons. The molecule has 16 heavy (non-hydrogen) atoms. The Bertz CT molecular complexity index is 520. The van der Waals surface area contributed by atoms with Gasteiger partial charge in [-0.25, -0.2) is 4.39 Å². The largest absolute Gasteiger partial charge is 0.265 e. The summed E-state index contributed by atoms with van der Waals surface area (Å²) in [6.07, 6.45) is 0. The molecule has 0 amide bonds. The average molecular weight is 239 g/mol. The van der Waals surface area contributed by atoms with E-state index in [9.17, 15) is 4.39 Å². The number of aryl methyl sites for hydroxylation is 2. The Morgan fingerprint density at radius 1 is 1.31 bits per heavy atom. The molecule has 0 radical (unpaired) electrons. The summed E-state index contributed by atoms with van der Waals surface area (Å²) in [6.45, 7) is 4.55. The molecule has 1 aromatic carbocycles. The van der Waals surface area contributed by atoms with E-state index in [1.807, 2.05) is 24.6 Å². The van der Waals surface area contributed by atoms with Gasteiger partial charge in [0, 0.05) is 5.69 Å². The molecule has 0 atom stereocenters. The fourth-order valence-electron chi connectivity index (χ4n) is 1.65. The molecule has 0 saturated heterocycles. The fraction of sp³-hybridized carbons (Fsp3) is 0.250. The average Bonchev–Trinajstić information content (AvgIpc) is 2.51. The van der Waals surface area contributed by atoms with Crippen molar-refractivity contribution in [1.82, 2.24) is 9.78 Å². The van der Waals surface area contributed by atoms with Gasteiger partial charge in [-0.3, -0.25) is 4.68 Å². The molecule has 0 N–H and O–H groups in total. The van der Waals surface area contributed by atoms with Crippen molar-refractivity contribution < 1.29 is 4.39 Å². The molecule has 0 aliphatic heterocycles. The molecule has 0 aliphatic rings. The van der Waals surface area contributed by atoms with E-state index in [-0.39, 0.29) is 5.02 Å². The first-order valence-corrected chi connectivity index (χ1v) is 5.39. The van der Waals surface area contributed by atoms with E-state index in [1.54, 1.807) is 12.1 Å². The fourth-order valence-corrected chi connectivity index (χ4v) is 1.85. The van der Waals surface area contributed by atoms with E-state index < -0.39 is 5.82 Å². The van der Waals surface area contributed by atoms with Crippen LogP contribution >= 0.6 is 11.6 Å². The van der Waals surface area contributed by atoms with Crippen LogP contribution < -0.4 is 0 Å². The quantitative estimate of drug-likeness (QED) is 0.785. The van der Waals surface area contributed by atoms with E-state index >= 15 is 0 Å². The minimum absolute atomic E-state index is 0.152. The van der Waals surface area contributed by atoms with Crippen LogP contribution in [0.15, 0.2) is 24.3 Å². The maximum absolute atomic E-state index is 13.0. The zero-order valence-corrected chi connectivity index (χ0v) is 9.92. The van der Waals surface area contributed by atoms with E-state index in [4.69, 9.17) is 11.6 Å². The van der Waals surface area contributed by atoms with Crippen LogP contribution in [0.2, 0.25) is 5.02 Å². The topological polar surface area (TPSA) is 17.8 Å². The van der Waals surface area contributed by atoms with Crippen LogP contribution in [-0.2, 0) is 6.54 Å². The number of hydrogen-bond acceptors (Lipinski definition) is 1. The molecule has 0 fully saturated rings. The van der Waals surface area contributed by atoms with Crippen LogP contribution in [0.4, 0.5) is 4.39 Å². The summed E-state index contributed by atoms with van der Waals surface area (Å²) in [5, 5.41) is 4.49. The molecule has 0 aliphatic carbocycles.